The molecule has 0 unspecified atom stereocenters. The molecule has 0 spiro atoms. The highest BCUT2D eigenvalue weighted by Crippen LogP contribution is 2.59. The van der Waals surface area contributed by atoms with Crippen molar-refractivity contribution >= 4 is 17.7 Å². The lowest BCUT2D eigenvalue weighted by Crippen LogP contribution is -2.34. The van der Waals surface area contributed by atoms with E-state index in [4.69, 9.17) is 9.47 Å². The number of methoxy groups -OCH3 is 1. The van der Waals surface area contributed by atoms with E-state index in [1.165, 1.54) is 22.6 Å². The van der Waals surface area contributed by atoms with E-state index in [-0.39, 0.29) is 48.0 Å². The van der Waals surface area contributed by atoms with Crippen molar-refractivity contribution < 1.29 is 27.8 Å². The van der Waals surface area contributed by atoms with Crippen LogP contribution < -0.4 is 15.0 Å². The number of hydrogen-bond donors (Lipinski definition) is 1. The number of carbonyl (C=O) groups excluding carboxylic acids is 2. The van der Waals surface area contributed by atoms with Crippen LogP contribution in [-0.4, -0.2) is 56.3 Å². The Hall–Kier alpha value is -3.20. The minimum absolute atomic E-state index is 0.118. The first-order valence-electron chi connectivity index (χ1n) is 12.0. The maximum Gasteiger partial charge on any atom is 0.414 e. The highest BCUT2D eigenvalue weighted by molar-refractivity contribution is 5.90. The van der Waals surface area contributed by atoms with Crippen LogP contribution in [0.2, 0.25) is 0 Å². The molecule has 2 amide bonds. The number of halogens is 2. The fraction of sp³-hybridized carbons (Fsp3) is 0.462. The molecule has 35 heavy (non-hydrogen) atoms. The van der Waals surface area contributed by atoms with Gasteiger partial charge in [-0.1, -0.05) is 19.1 Å². The highest BCUT2D eigenvalue weighted by Gasteiger charge is 2.57. The summed E-state index contributed by atoms with van der Waals surface area (Å²) in [6.45, 7) is 4.40. The summed E-state index contributed by atoms with van der Waals surface area (Å²) in [6, 6.07) is 10.4. The van der Waals surface area contributed by atoms with Crippen LogP contribution in [0.25, 0.3) is 0 Å². The number of amides is 2. The zero-order chi connectivity index (χ0) is 24.7. The normalized spacial score (nSPS) is 25.4. The van der Waals surface area contributed by atoms with E-state index < -0.39 is 23.8 Å². The number of anilines is 1. The van der Waals surface area contributed by atoms with Gasteiger partial charge in [0.2, 0.25) is 5.91 Å². The Labute approximate surface area is 203 Å². The molecule has 1 aliphatic carbocycles. The zero-order valence-corrected chi connectivity index (χ0v) is 19.8. The summed E-state index contributed by atoms with van der Waals surface area (Å²) in [5.74, 6) is -0.281. The monoisotopic (exact) mass is 485 g/mol. The first-order chi connectivity index (χ1) is 16.9. The first-order valence-corrected chi connectivity index (χ1v) is 12.0. The third-order valence-corrected chi connectivity index (χ3v) is 7.27. The third-order valence-electron chi connectivity index (χ3n) is 7.27. The van der Waals surface area contributed by atoms with E-state index in [1.807, 2.05) is 24.3 Å². The van der Waals surface area contributed by atoms with Crippen molar-refractivity contribution in [2.24, 2.45) is 11.8 Å². The van der Waals surface area contributed by atoms with Crippen molar-refractivity contribution in [1.29, 1.82) is 0 Å². The highest BCUT2D eigenvalue weighted by atomic mass is 19.1. The van der Waals surface area contributed by atoms with Crippen LogP contribution in [0.5, 0.6) is 5.75 Å². The largest absolute Gasteiger partial charge is 0.497 e. The second kappa shape index (κ2) is 9.45. The van der Waals surface area contributed by atoms with Crippen LogP contribution in [0, 0.1) is 23.5 Å². The van der Waals surface area contributed by atoms with E-state index in [0.29, 0.717) is 6.42 Å². The minimum Gasteiger partial charge on any atom is -0.497 e. The van der Waals surface area contributed by atoms with E-state index in [0.717, 1.165) is 25.4 Å². The van der Waals surface area contributed by atoms with Crippen molar-refractivity contribution in [2.45, 2.75) is 31.9 Å². The van der Waals surface area contributed by atoms with Gasteiger partial charge < -0.3 is 14.8 Å². The Bertz CT molecular complexity index is 1090. The van der Waals surface area contributed by atoms with Crippen molar-refractivity contribution in [2.75, 3.05) is 38.2 Å². The van der Waals surface area contributed by atoms with Crippen LogP contribution in [0.15, 0.2) is 36.4 Å². The fourth-order valence-electron chi connectivity index (χ4n) is 5.40. The van der Waals surface area contributed by atoms with Gasteiger partial charge in [0.15, 0.2) is 0 Å². The van der Waals surface area contributed by atoms with Crippen LogP contribution >= 0.6 is 0 Å². The van der Waals surface area contributed by atoms with Gasteiger partial charge in [-0.15, -0.1) is 0 Å². The quantitative estimate of drug-likeness (QED) is 0.618. The summed E-state index contributed by atoms with van der Waals surface area (Å²) >= 11 is 0. The number of nitrogens with one attached hydrogen (secondary N) is 1. The van der Waals surface area contributed by atoms with Crippen LogP contribution in [-0.2, 0) is 16.1 Å². The first kappa shape index (κ1) is 23.5. The number of hydrogen-bond acceptors (Lipinski definition) is 5. The maximum atomic E-state index is 15.1. The number of carbonyl (C=O) groups is 2. The summed E-state index contributed by atoms with van der Waals surface area (Å²) in [7, 11) is 1.64. The van der Waals surface area contributed by atoms with Crippen molar-refractivity contribution in [1.82, 2.24) is 10.2 Å². The molecule has 7 nitrogen and oxygen atoms in total. The van der Waals surface area contributed by atoms with Gasteiger partial charge in [0.05, 0.1) is 25.9 Å². The molecule has 2 saturated heterocycles. The average Bonchev–Trinajstić information content (AvgIpc) is 3.16. The number of nitrogens with zero attached hydrogens (tertiary/aromatic N) is 2. The number of ether oxygens (including phenoxy) is 2. The lowest BCUT2D eigenvalue weighted by Gasteiger charge is -2.21. The summed E-state index contributed by atoms with van der Waals surface area (Å²) < 4.78 is 40.6. The Morgan fingerprint density at radius 2 is 1.77 bits per heavy atom. The Morgan fingerprint density at radius 3 is 2.37 bits per heavy atom. The topological polar surface area (TPSA) is 71.1 Å². The summed E-state index contributed by atoms with van der Waals surface area (Å²) in [6.07, 6.45) is -0.918. The number of cyclic esters (lactones) is 1. The van der Waals surface area contributed by atoms with Crippen molar-refractivity contribution in [3.63, 3.8) is 0 Å². The van der Waals surface area contributed by atoms with E-state index >= 15 is 8.78 Å². The van der Waals surface area contributed by atoms with Gasteiger partial charge in [0.1, 0.15) is 23.5 Å². The molecule has 3 fully saturated rings. The van der Waals surface area contributed by atoms with Gasteiger partial charge in [-0.25, -0.2) is 13.6 Å². The third kappa shape index (κ3) is 4.69. The lowest BCUT2D eigenvalue weighted by atomic mass is 10.0. The molecule has 2 heterocycles. The van der Waals surface area contributed by atoms with Crippen LogP contribution in [0.1, 0.15) is 30.4 Å². The van der Waals surface area contributed by atoms with Crippen LogP contribution in [0.4, 0.5) is 19.3 Å². The molecule has 5 rings (SSSR count). The number of rotatable bonds is 8. The second-order valence-corrected chi connectivity index (χ2v) is 9.49. The molecule has 0 aromatic heterocycles. The fourth-order valence-corrected chi connectivity index (χ4v) is 5.40. The van der Waals surface area contributed by atoms with E-state index in [1.54, 1.807) is 14.0 Å². The summed E-state index contributed by atoms with van der Waals surface area (Å²) in [5, 5.41) is 2.67. The molecule has 2 aliphatic heterocycles. The lowest BCUT2D eigenvalue weighted by molar-refractivity contribution is -0.121. The predicted octanol–water partition coefficient (Wildman–Crippen LogP) is 3.67. The smallest absolute Gasteiger partial charge is 0.414 e. The molecule has 0 radical (unpaired) electrons. The van der Waals surface area contributed by atoms with E-state index in [2.05, 4.69) is 10.2 Å². The van der Waals surface area contributed by atoms with Crippen molar-refractivity contribution in [3.05, 3.63) is 59.2 Å². The molecular formula is C26H29F2N3O4. The van der Waals surface area contributed by atoms with Gasteiger partial charge in [-0.05, 0) is 47.6 Å². The second-order valence-electron chi connectivity index (χ2n) is 9.49. The Balaban J connectivity index is 1.20. The van der Waals surface area contributed by atoms with Gasteiger partial charge in [0.25, 0.3) is 0 Å². The van der Waals surface area contributed by atoms with Gasteiger partial charge in [0, 0.05) is 31.6 Å². The predicted molar refractivity (Wildman–Crippen MR) is 125 cm³/mol. The number of piperidine rings is 1. The molecule has 1 saturated carbocycles. The number of likely N-dealkylation sites (tertiary alicyclic amines) is 1. The van der Waals surface area contributed by atoms with E-state index in [9.17, 15) is 9.59 Å². The summed E-state index contributed by atoms with van der Waals surface area (Å²) in [4.78, 5) is 27.2. The molecule has 2 aromatic carbocycles. The summed E-state index contributed by atoms with van der Waals surface area (Å²) in [5.41, 5.74) is 1.42. The molecule has 1 N–H and O–H groups in total. The Kier molecular flexibility index (Phi) is 6.35. The zero-order valence-electron chi connectivity index (χ0n) is 19.8. The van der Waals surface area contributed by atoms with Gasteiger partial charge >= 0.3 is 6.09 Å². The molecule has 3 aliphatic rings. The molecular weight excluding hydrogens is 456 g/mol. The van der Waals surface area contributed by atoms with Crippen molar-refractivity contribution in [3.8, 4) is 5.75 Å². The maximum absolute atomic E-state index is 15.1. The molecule has 0 bridgehead atoms. The standard InChI is InChI=1S/C26H29F2N3O4/c1-3-23(32)29-10-18-12-31(26(33)35-18)16-8-21(27)25(22(28)9-16)24-19-13-30(14-20(19)24)11-15-4-6-17(34-2)7-5-15/h4-9,18-20,24H,3,10-14H2,1-2H3,(H,29,32)/t18-,19-,20+,24+/m0/s1. The van der Waals surface area contributed by atoms with Gasteiger partial charge in [-0.3, -0.25) is 14.6 Å². The minimum atomic E-state index is -0.676. The molecule has 186 valence electrons. The molecule has 9 heteroatoms. The number of fused-ring (bicyclic) bond motifs is 1. The average molecular weight is 486 g/mol. The van der Waals surface area contributed by atoms with Crippen LogP contribution in [0.3, 0.4) is 0 Å². The molecule has 4 atom stereocenters. The SMILES string of the molecule is CCC(=O)NC[C@H]1CN(c2cc(F)c([C@H]3[C@@H]4CN(Cc5ccc(OC)cc5)C[C@@H]43)c(F)c2)C(=O)O1. The molecule has 2 aromatic rings. The Morgan fingerprint density at radius 1 is 1.11 bits per heavy atom. The van der Waals surface area contributed by atoms with Gasteiger partial charge in [-0.2, -0.15) is 0 Å². The number of benzene rings is 2.